The molecule has 0 bridgehead atoms. The van der Waals surface area contributed by atoms with Crippen molar-refractivity contribution in [3.8, 4) is 5.75 Å². The lowest BCUT2D eigenvalue weighted by Crippen LogP contribution is -2.28. The summed E-state index contributed by atoms with van der Waals surface area (Å²) in [5.74, 6) is 1.26. The standard InChI is InChI=1S/C18H17IN4O2/c1-25-13-4-5-14-15(8-13)20-10-16(17(14)11-2-3-11)23-18(24)22-12-6-7-19-21-9-12/h4-11H,2-3H2,1H3,(H2,22,23,24). The van der Waals surface area contributed by atoms with Gasteiger partial charge in [0.05, 0.1) is 36.4 Å². The third kappa shape index (κ3) is 3.55. The van der Waals surface area contributed by atoms with E-state index in [4.69, 9.17) is 4.74 Å². The first-order valence-corrected chi connectivity index (χ1v) is 10.2. The fraction of sp³-hybridized carbons (Fsp3) is 0.222. The molecule has 2 N–H and O–H groups in total. The number of nitrogens with one attached hydrogen (secondary N) is 2. The van der Waals surface area contributed by atoms with Crippen LogP contribution >= 0.6 is 21.0 Å². The van der Waals surface area contributed by atoms with E-state index in [0.717, 1.165) is 40.7 Å². The van der Waals surface area contributed by atoms with E-state index in [-0.39, 0.29) is 27.1 Å². The molecule has 1 aliphatic heterocycles. The van der Waals surface area contributed by atoms with Crippen LogP contribution in [-0.2, 0) is 0 Å². The van der Waals surface area contributed by atoms with E-state index in [9.17, 15) is 4.79 Å². The van der Waals surface area contributed by atoms with Gasteiger partial charge in [-0.05, 0) is 46.6 Å². The Labute approximate surface area is 155 Å². The zero-order valence-corrected chi connectivity index (χ0v) is 15.8. The predicted octanol–water partition coefficient (Wildman–Crippen LogP) is 4.77. The number of allylic oxidation sites excluding steroid dienone is 1. The molecule has 25 heavy (non-hydrogen) atoms. The van der Waals surface area contributed by atoms with E-state index >= 15 is 0 Å². The van der Waals surface area contributed by atoms with Crippen molar-refractivity contribution in [1.29, 1.82) is 0 Å². The van der Waals surface area contributed by atoms with Gasteiger partial charge in [0.25, 0.3) is 0 Å². The van der Waals surface area contributed by atoms with Crippen LogP contribution in [0.3, 0.4) is 0 Å². The summed E-state index contributed by atoms with van der Waals surface area (Å²) >= 11 is -0.242. The number of aromatic nitrogens is 1. The molecule has 2 heterocycles. The predicted molar refractivity (Wildman–Crippen MR) is 106 cm³/mol. The van der Waals surface area contributed by atoms with Crippen LogP contribution in [0, 0.1) is 0 Å². The average molecular weight is 448 g/mol. The Morgan fingerprint density at radius 1 is 1.32 bits per heavy atom. The monoisotopic (exact) mass is 448 g/mol. The Bertz CT molecular complexity index is 932. The first-order chi connectivity index (χ1) is 12.2. The minimum atomic E-state index is -0.275. The minimum Gasteiger partial charge on any atom is -0.497 e. The number of fused-ring (bicyclic) bond motifs is 1. The second kappa shape index (κ2) is 6.91. The van der Waals surface area contributed by atoms with Crippen LogP contribution in [0.5, 0.6) is 5.75 Å². The maximum absolute atomic E-state index is 12.3. The maximum atomic E-state index is 12.3. The number of hydrogen-bond acceptors (Lipinski definition) is 4. The lowest BCUT2D eigenvalue weighted by Gasteiger charge is -2.14. The Kier molecular flexibility index (Phi) is 4.48. The van der Waals surface area contributed by atoms with Crippen LogP contribution in [0.15, 0.2) is 49.6 Å². The summed E-state index contributed by atoms with van der Waals surface area (Å²) in [6.07, 6.45) is 7.61. The number of rotatable bonds is 4. The third-order valence-electron chi connectivity index (χ3n) is 4.15. The van der Waals surface area contributed by atoms with Gasteiger partial charge in [0.1, 0.15) is 5.75 Å². The number of anilines is 1. The second-order valence-electron chi connectivity index (χ2n) is 5.89. The third-order valence-corrected chi connectivity index (χ3v) is 5.43. The molecule has 0 atom stereocenters. The van der Waals surface area contributed by atoms with E-state index in [0.29, 0.717) is 11.6 Å². The van der Waals surface area contributed by atoms with Crippen LogP contribution in [0.25, 0.3) is 10.9 Å². The first-order valence-electron chi connectivity index (χ1n) is 7.99. The van der Waals surface area contributed by atoms with E-state index in [2.05, 4.69) is 18.8 Å². The van der Waals surface area contributed by atoms with Crippen LogP contribution in [-0.4, -0.2) is 18.1 Å². The fourth-order valence-corrected chi connectivity index (χ4v) is 4.04. The van der Waals surface area contributed by atoms with Crippen molar-refractivity contribution in [3.63, 3.8) is 0 Å². The van der Waals surface area contributed by atoms with Gasteiger partial charge < -0.3 is 15.4 Å². The molecule has 2 aromatic rings. The Balaban J connectivity index is 1.63. The highest BCUT2D eigenvalue weighted by molar-refractivity contribution is 14.2. The molecule has 1 fully saturated rings. The summed E-state index contributed by atoms with van der Waals surface area (Å²) in [6, 6.07) is 5.60. The van der Waals surface area contributed by atoms with Crippen molar-refractivity contribution in [2.24, 2.45) is 3.15 Å². The first kappa shape index (κ1) is 16.2. The molecule has 2 amide bonds. The summed E-state index contributed by atoms with van der Waals surface area (Å²) in [5.41, 5.74) is 3.51. The van der Waals surface area contributed by atoms with E-state index in [1.54, 1.807) is 19.5 Å². The number of urea groups is 1. The molecule has 7 heteroatoms. The molecular formula is C18H17IN4O2. The van der Waals surface area contributed by atoms with Gasteiger partial charge in [0, 0.05) is 32.5 Å². The molecule has 128 valence electrons. The van der Waals surface area contributed by atoms with Gasteiger partial charge in [-0.2, -0.15) is 0 Å². The summed E-state index contributed by atoms with van der Waals surface area (Å²) in [5, 5.41) is 6.84. The van der Waals surface area contributed by atoms with Gasteiger partial charge in [0.2, 0.25) is 0 Å². The number of carbonyl (C=O) groups is 1. The number of carbonyl (C=O) groups excluding carboxylic acids is 1. The highest BCUT2D eigenvalue weighted by atomic mass is 127. The fourth-order valence-electron chi connectivity index (χ4n) is 2.84. The number of halogens is 1. The van der Waals surface area contributed by atoms with Crippen molar-refractivity contribution >= 4 is 43.7 Å². The topological polar surface area (TPSA) is 75.6 Å². The van der Waals surface area contributed by atoms with Gasteiger partial charge in [-0.25, -0.2) is 7.94 Å². The van der Waals surface area contributed by atoms with Gasteiger partial charge in [0.15, 0.2) is 0 Å². The zero-order valence-electron chi connectivity index (χ0n) is 13.6. The number of pyridine rings is 1. The Morgan fingerprint density at radius 2 is 2.20 bits per heavy atom. The molecule has 4 rings (SSSR count). The van der Waals surface area contributed by atoms with Gasteiger partial charge in [-0.1, -0.05) is 0 Å². The summed E-state index contributed by atoms with van der Waals surface area (Å²) < 4.78 is 11.5. The van der Waals surface area contributed by atoms with Gasteiger partial charge >= 0.3 is 6.03 Å². The minimum absolute atomic E-state index is 0.242. The quantitative estimate of drug-likeness (QED) is 0.663. The largest absolute Gasteiger partial charge is 0.497 e. The molecule has 0 unspecified atom stereocenters. The zero-order chi connectivity index (χ0) is 17.2. The van der Waals surface area contributed by atoms with Crippen molar-refractivity contribution in [2.45, 2.75) is 18.8 Å². The summed E-state index contributed by atoms with van der Waals surface area (Å²) in [6.45, 7) is 0. The van der Waals surface area contributed by atoms with E-state index in [1.807, 2.05) is 28.4 Å². The Hall–Kier alpha value is -2.29. The molecule has 1 saturated carbocycles. The van der Waals surface area contributed by atoms with Gasteiger partial charge in [-0.15, -0.1) is 0 Å². The SMILES string of the molecule is COc1ccc2c(C3CC3)c(NC(=O)NC3=CN=IC=C3)cnc2c1. The number of benzene rings is 1. The number of ether oxygens (including phenoxy) is 1. The number of nitrogens with zero attached hydrogens (tertiary/aromatic N) is 2. The molecule has 2 aliphatic rings. The number of hydrogen-bond donors (Lipinski definition) is 2. The van der Waals surface area contributed by atoms with E-state index < -0.39 is 0 Å². The normalized spacial score (nSPS) is 16.1. The summed E-state index contributed by atoms with van der Waals surface area (Å²) in [4.78, 5) is 16.8. The molecule has 1 aliphatic carbocycles. The van der Waals surface area contributed by atoms with Gasteiger partial charge in [-0.3, -0.25) is 4.98 Å². The highest BCUT2D eigenvalue weighted by Crippen LogP contribution is 2.46. The number of amides is 2. The molecule has 0 spiro atoms. The van der Waals surface area contributed by atoms with Crippen LogP contribution < -0.4 is 15.4 Å². The van der Waals surface area contributed by atoms with Crippen LogP contribution in [0.1, 0.15) is 24.3 Å². The Morgan fingerprint density at radius 3 is 2.92 bits per heavy atom. The molecule has 0 saturated heterocycles. The molecule has 0 radical (unpaired) electrons. The van der Waals surface area contributed by atoms with E-state index in [1.165, 1.54) is 0 Å². The highest BCUT2D eigenvalue weighted by Gasteiger charge is 2.29. The van der Waals surface area contributed by atoms with Crippen molar-refractivity contribution < 1.29 is 9.53 Å². The lowest BCUT2D eigenvalue weighted by atomic mass is 10.0. The maximum Gasteiger partial charge on any atom is 0.323 e. The molecular weight excluding hydrogens is 431 g/mol. The number of methoxy groups -OCH3 is 1. The van der Waals surface area contributed by atoms with Crippen molar-refractivity contribution in [3.05, 3.63) is 52.0 Å². The van der Waals surface area contributed by atoms with Crippen molar-refractivity contribution in [2.75, 3.05) is 12.4 Å². The average Bonchev–Trinajstić information content (AvgIpc) is 3.46. The van der Waals surface area contributed by atoms with Crippen LogP contribution in [0.2, 0.25) is 0 Å². The smallest absolute Gasteiger partial charge is 0.323 e. The summed E-state index contributed by atoms with van der Waals surface area (Å²) in [7, 11) is 1.64. The molecule has 1 aromatic heterocycles. The molecule has 6 nitrogen and oxygen atoms in total. The van der Waals surface area contributed by atoms with Crippen LogP contribution in [0.4, 0.5) is 10.5 Å². The lowest BCUT2D eigenvalue weighted by molar-refractivity contribution is 0.254. The molecule has 1 aromatic carbocycles. The second-order valence-corrected chi connectivity index (χ2v) is 7.73. The van der Waals surface area contributed by atoms with Crippen molar-refractivity contribution in [1.82, 2.24) is 10.3 Å².